The van der Waals surface area contributed by atoms with Crippen molar-refractivity contribution in [2.75, 3.05) is 0 Å². The average molecular weight is 253 g/mol. The topological polar surface area (TPSA) is 38.9 Å². The van der Waals surface area contributed by atoms with Crippen molar-refractivity contribution in [3.8, 4) is 0 Å². The lowest BCUT2D eigenvalue weighted by atomic mass is 10.1. The van der Waals surface area contributed by atoms with Gasteiger partial charge in [-0.05, 0) is 31.0 Å². The van der Waals surface area contributed by atoms with E-state index in [0.717, 1.165) is 17.0 Å². The number of aromatic nitrogens is 1. The largest absolute Gasteiger partial charge is 0.327 e. The smallest absolute Gasteiger partial charge is 0.0984 e. The minimum atomic E-state index is 0.288. The highest BCUT2D eigenvalue weighted by Crippen LogP contribution is 2.37. The molecule has 1 fully saturated rings. The predicted octanol–water partition coefficient (Wildman–Crippen LogP) is 3.54. The molecule has 1 saturated carbocycles. The number of nitrogens with two attached hydrogens (primary N) is 1. The maximum Gasteiger partial charge on any atom is 0.0984 e. The molecule has 84 valence electrons. The van der Waals surface area contributed by atoms with E-state index in [1.165, 1.54) is 22.5 Å². The van der Waals surface area contributed by atoms with Gasteiger partial charge in [0.2, 0.25) is 0 Å². The van der Waals surface area contributed by atoms with E-state index in [2.05, 4.69) is 4.98 Å². The highest BCUT2D eigenvalue weighted by molar-refractivity contribution is 7.18. The zero-order valence-corrected chi connectivity index (χ0v) is 10.4. The molecule has 1 aliphatic carbocycles. The molecule has 2 nitrogen and oxygen atoms in total. The Kier molecular flexibility index (Phi) is 2.62. The molecule has 2 aromatic rings. The number of benzene rings is 1. The van der Waals surface area contributed by atoms with Gasteiger partial charge in [-0.15, -0.1) is 11.3 Å². The standard InChI is InChI=1S/C12H13ClN2S/c13-7-4-5-11-10(6-7)15-12(16-11)8-2-1-3-9(8)14/h4-6,8-9H,1-3,14H2. The molecule has 0 radical (unpaired) electrons. The maximum absolute atomic E-state index is 6.10. The van der Waals surface area contributed by atoms with Crippen LogP contribution in [0.15, 0.2) is 18.2 Å². The van der Waals surface area contributed by atoms with Crippen molar-refractivity contribution in [2.45, 2.75) is 31.2 Å². The molecule has 1 heterocycles. The van der Waals surface area contributed by atoms with Crippen LogP contribution in [0.5, 0.6) is 0 Å². The first-order valence-corrected chi connectivity index (χ1v) is 6.75. The second kappa shape index (κ2) is 3.99. The van der Waals surface area contributed by atoms with Crippen LogP contribution in [0, 0.1) is 0 Å². The van der Waals surface area contributed by atoms with E-state index in [0.29, 0.717) is 5.92 Å². The first kappa shape index (κ1) is 10.5. The Bertz CT molecular complexity index is 523. The number of hydrogen-bond donors (Lipinski definition) is 1. The monoisotopic (exact) mass is 252 g/mol. The Labute approximate surface area is 103 Å². The minimum Gasteiger partial charge on any atom is -0.327 e. The summed E-state index contributed by atoms with van der Waals surface area (Å²) in [6, 6.07) is 6.17. The van der Waals surface area contributed by atoms with Crippen LogP contribution in [0.25, 0.3) is 10.2 Å². The van der Waals surface area contributed by atoms with E-state index in [4.69, 9.17) is 17.3 Å². The first-order valence-electron chi connectivity index (χ1n) is 5.55. The number of fused-ring (bicyclic) bond motifs is 1. The molecule has 3 rings (SSSR count). The van der Waals surface area contributed by atoms with Crippen LogP contribution < -0.4 is 5.73 Å². The number of rotatable bonds is 1. The van der Waals surface area contributed by atoms with Gasteiger partial charge >= 0.3 is 0 Å². The third kappa shape index (κ3) is 1.73. The maximum atomic E-state index is 6.10. The van der Waals surface area contributed by atoms with E-state index < -0.39 is 0 Å². The summed E-state index contributed by atoms with van der Waals surface area (Å²) in [4.78, 5) is 4.66. The molecule has 0 aliphatic heterocycles. The molecule has 0 saturated heterocycles. The Balaban J connectivity index is 2.04. The van der Waals surface area contributed by atoms with Gasteiger partial charge in [-0.3, -0.25) is 0 Å². The normalized spacial score (nSPS) is 25.4. The van der Waals surface area contributed by atoms with Gasteiger partial charge in [0.25, 0.3) is 0 Å². The number of thiazole rings is 1. The third-order valence-electron chi connectivity index (χ3n) is 3.25. The lowest BCUT2D eigenvalue weighted by Gasteiger charge is -2.10. The molecule has 2 N–H and O–H groups in total. The minimum absolute atomic E-state index is 0.288. The van der Waals surface area contributed by atoms with Crippen molar-refractivity contribution in [2.24, 2.45) is 5.73 Å². The Morgan fingerprint density at radius 1 is 1.38 bits per heavy atom. The molecular weight excluding hydrogens is 240 g/mol. The Morgan fingerprint density at radius 2 is 2.25 bits per heavy atom. The van der Waals surface area contributed by atoms with Crippen LogP contribution in [0.3, 0.4) is 0 Å². The van der Waals surface area contributed by atoms with Gasteiger partial charge in [0.15, 0.2) is 0 Å². The van der Waals surface area contributed by atoms with Gasteiger partial charge in [-0.1, -0.05) is 18.0 Å². The molecule has 0 spiro atoms. The van der Waals surface area contributed by atoms with E-state index in [9.17, 15) is 0 Å². The number of halogens is 1. The molecule has 0 bridgehead atoms. The van der Waals surface area contributed by atoms with Crippen molar-refractivity contribution < 1.29 is 0 Å². The summed E-state index contributed by atoms with van der Waals surface area (Å²) >= 11 is 7.71. The highest BCUT2D eigenvalue weighted by Gasteiger charge is 2.28. The van der Waals surface area contributed by atoms with Crippen LogP contribution in [-0.2, 0) is 0 Å². The van der Waals surface area contributed by atoms with Gasteiger partial charge in [0, 0.05) is 17.0 Å². The lowest BCUT2D eigenvalue weighted by molar-refractivity contribution is 0.611. The van der Waals surface area contributed by atoms with Gasteiger partial charge in [0.05, 0.1) is 15.2 Å². The molecule has 2 unspecified atom stereocenters. The third-order valence-corrected chi connectivity index (χ3v) is 4.66. The summed E-state index contributed by atoms with van der Waals surface area (Å²) in [5.41, 5.74) is 7.11. The molecular formula is C12H13ClN2S. The fourth-order valence-corrected chi connectivity index (χ4v) is 3.70. The highest BCUT2D eigenvalue weighted by atomic mass is 35.5. The van der Waals surface area contributed by atoms with Crippen molar-refractivity contribution >= 4 is 33.2 Å². The van der Waals surface area contributed by atoms with Crippen molar-refractivity contribution in [3.63, 3.8) is 0 Å². The van der Waals surface area contributed by atoms with Gasteiger partial charge in [0.1, 0.15) is 0 Å². The summed E-state index contributed by atoms with van der Waals surface area (Å²) < 4.78 is 1.21. The van der Waals surface area contributed by atoms with Crippen LogP contribution >= 0.6 is 22.9 Å². The molecule has 1 aromatic heterocycles. The second-order valence-electron chi connectivity index (χ2n) is 4.37. The van der Waals surface area contributed by atoms with Crippen molar-refractivity contribution in [1.82, 2.24) is 4.98 Å². The summed E-state index contributed by atoms with van der Waals surface area (Å²) in [6.07, 6.45) is 3.53. The summed E-state index contributed by atoms with van der Waals surface area (Å²) in [5, 5.41) is 1.93. The van der Waals surface area contributed by atoms with Crippen LogP contribution in [0.2, 0.25) is 5.02 Å². The zero-order chi connectivity index (χ0) is 11.1. The first-order chi connectivity index (χ1) is 7.74. The van der Waals surface area contributed by atoms with E-state index in [-0.39, 0.29) is 6.04 Å². The van der Waals surface area contributed by atoms with Crippen LogP contribution in [-0.4, -0.2) is 11.0 Å². The molecule has 2 atom stereocenters. The van der Waals surface area contributed by atoms with Crippen LogP contribution in [0.4, 0.5) is 0 Å². The molecule has 1 aliphatic rings. The van der Waals surface area contributed by atoms with Crippen LogP contribution in [0.1, 0.15) is 30.2 Å². The molecule has 0 amide bonds. The van der Waals surface area contributed by atoms with Crippen molar-refractivity contribution in [1.29, 1.82) is 0 Å². The van der Waals surface area contributed by atoms with E-state index in [1.54, 1.807) is 11.3 Å². The van der Waals surface area contributed by atoms with Gasteiger partial charge in [-0.25, -0.2) is 4.98 Å². The SMILES string of the molecule is NC1CCCC1c1nc2cc(Cl)ccc2s1. The quantitative estimate of drug-likeness (QED) is 0.843. The predicted molar refractivity (Wildman–Crippen MR) is 69.2 cm³/mol. The van der Waals surface area contributed by atoms with Gasteiger partial charge < -0.3 is 5.73 Å². The number of nitrogens with zero attached hydrogens (tertiary/aromatic N) is 1. The summed E-state index contributed by atoms with van der Waals surface area (Å²) in [6.45, 7) is 0. The van der Waals surface area contributed by atoms with Gasteiger partial charge in [-0.2, -0.15) is 0 Å². The number of hydrogen-bond acceptors (Lipinski definition) is 3. The molecule has 4 heteroatoms. The molecule has 1 aromatic carbocycles. The summed E-state index contributed by atoms with van der Waals surface area (Å²) in [7, 11) is 0. The Hall–Kier alpha value is -0.640. The van der Waals surface area contributed by atoms with E-state index in [1.807, 2.05) is 18.2 Å². The van der Waals surface area contributed by atoms with E-state index >= 15 is 0 Å². The Morgan fingerprint density at radius 3 is 3.00 bits per heavy atom. The fourth-order valence-electron chi connectivity index (χ4n) is 2.37. The zero-order valence-electron chi connectivity index (χ0n) is 8.82. The molecule has 16 heavy (non-hydrogen) atoms. The average Bonchev–Trinajstić information content (AvgIpc) is 2.82. The summed E-state index contributed by atoms with van der Waals surface area (Å²) in [5.74, 6) is 0.455. The lowest BCUT2D eigenvalue weighted by Crippen LogP contribution is -2.22. The second-order valence-corrected chi connectivity index (χ2v) is 5.86. The fraction of sp³-hybridized carbons (Fsp3) is 0.417. The van der Waals surface area contributed by atoms with Crippen molar-refractivity contribution in [3.05, 3.63) is 28.2 Å².